The lowest BCUT2D eigenvalue weighted by Gasteiger charge is -2.23. The van der Waals surface area contributed by atoms with Crippen LogP contribution in [0.25, 0.3) is 0 Å². The maximum absolute atomic E-state index is 12.1. The Hall–Kier alpha value is -1.36. The third-order valence-corrected chi connectivity index (χ3v) is 2.92. The van der Waals surface area contributed by atoms with E-state index in [1.807, 2.05) is 6.92 Å². The molecule has 0 aliphatic rings. The van der Waals surface area contributed by atoms with Crippen molar-refractivity contribution in [3.63, 3.8) is 0 Å². The van der Waals surface area contributed by atoms with Gasteiger partial charge in [-0.05, 0) is 19.3 Å². The van der Waals surface area contributed by atoms with Crippen LogP contribution in [0.5, 0.6) is 0 Å². The highest BCUT2D eigenvalue weighted by Crippen LogP contribution is 2.09. The van der Waals surface area contributed by atoms with Crippen LogP contribution in [0.15, 0.2) is 6.20 Å². The Morgan fingerprint density at radius 2 is 2.17 bits per heavy atom. The van der Waals surface area contributed by atoms with Crippen LogP contribution < -0.4 is 5.32 Å². The molecule has 1 aromatic rings. The molecule has 0 bridgehead atoms. The van der Waals surface area contributed by atoms with E-state index in [4.69, 9.17) is 0 Å². The Bertz CT molecular complexity index is 384. The van der Waals surface area contributed by atoms with Gasteiger partial charge >= 0.3 is 0 Å². The van der Waals surface area contributed by atoms with Crippen molar-refractivity contribution in [2.24, 2.45) is 5.92 Å². The van der Waals surface area contributed by atoms with Crippen LogP contribution in [0.4, 0.5) is 0 Å². The van der Waals surface area contributed by atoms with E-state index < -0.39 is 0 Å². The fourth-order valence-corrected chi connectivity index (χ4v) is 1.84. The Balaban J connectivity index is 2.61. The number of aryl methyl sites for hydroxylation is 1. The molecule has 0 aromatic carbocycles. The second-order valence-electron chi connectivity index (χ2n) is 5.32. The highest BCUT2D eigenvalue weighted by Gasteiger charge is 2.21. The number of hydrogen-bond acceptors (Lipinski definition) is 3. The van der Waals surface area contributed by atoms with Gasteiger partial charge in [-0.15, -0.1) is 0 Å². The van der Waals surface area contributed by atoms with Gasteiger partial charge in [-0.25, -0.2) is 0 Å². The summed E-state index contributed by atoms with van der Waals surface area (Å²) in [6.45, 7) is 6.90. The second kappa shape index (κ2) is 6.54. The molecule has 18 heavy (non-hydrogen) atoms. The minimum absolute atomic E-state index is 0.129. The van der Waals surface area contributed by atoms with Gasteiger partial charge < -0.3 is 10.2 Å². The molecular formula is C13H24N4O. The highest BCUT2D eigenvalue weighted by atomic mass is 16.2. The van der Waals surface area contributed by atoms with Crippen molar-refractivity contribution in [1.82, 2.24) is 20.4 Å². The van der Waals surface area contributed by atoms with Gasteiger partial charge in [0.1, 0.15) is 0 Å². The number of H-pyrrole nitrogens is 1. The topological polar surface area (TPSA) is 61.0 Å². The summed E-state index contributed by atoms with van der Waals surface area (Å²) < 4.78 is 0. The molecule has 1 amide bonds. The Kier molecular flexibility index (Phi) is 5.34. The van der Waals surface area contributed by atoms with Crippen molar-refractivity contribution in [3.8, 4) is 0 Å². The molecule has 102 valence electrons. The van der Waals surface area contributed by atoms with E-state index in [1.165, 1.54) is 0 Å². The number of carbonyl (C=O) groups excluding carboxylic acids is 1. The molecule has 0 saturated carbocycles. The predicted molar refractivity (Wildman–Crippen MR) is 72.1 cm³/mol. The molecule has 1 heterocycles. The number of hydrogen-bond donors (Lipinski definition) is 2. The number of carbonyl (C=O) groups is 1. The number of amides is 1. The highest BCUT2D eigenvalue weighted by molar-refractivity contribution is 5.81. The zero-order valence-corrected chi connectivity index (χ0v) is 11.9. The van der Waals surface area contributed by atoms with E-state index >= 15 is 0 Å². The molecule has 5 heteroatoms. The molecule has 1 aromatic heterocycles. The number of aromatic nitrogens is 2. The lowest BCUT2D eigenvalue weighted by Crippen LogP contribution is -2.44. The quantitative estimate of drug-likeness (QED) is 0.802. The minimum Gasteiger partial charge on any atom is -0.347 e. The Morgan fingerprint density at radius 1 is 1.50 bits per heavy atom. The molecule has 1 atom stereocenters. The van der Waals surface area contributed by atoms with Crippen LogP contribution in [0.3, 0.4) is 0 Å². The first-order valence-electron chi connectivity index (χ1n) is 6.35. The summed E-state index contributed by atoms with van der Waals surface area (Å²) >= 11 is 0. The van der Waals surface area contributed by atoms with Gasteiger partial charge in [-0.2, -0.15) is 5.10 Å². The maximum Gasteiger partial charge on any atom is 0.239 e. The molecule has 0 aliphatic heterocycles. The number of aromatic amines is 1. The monoisotopic (exact) mass is 252 g/mol. The van der Waals surface area contributed by atoms with Crippen LogP contribution in [0, 0.1) is 12.8 Å². The molecule has 0 aliphatic carbocycles. The SMILES string of the molecule is Cc1[nH]ncc1CNC(CC(C)C)C(=O)N(C)C. The number of nitrogens with zero attached hydrogens (tertiary/aromatic N) is 2. The maximum atomic E-state index is 12.1. The van der Waals surface area contributed by atoms with Crippen molar-refractivity contribution >= 4 is 5.91 Å². The summed E-state index contributed by atoms with van der Waals surface area (Å²) in [5.74, 6) is 0.613. The summed E-state index contributed by atoms with van der Waals surface area (Å²) in [6.07, 6.45) is 2.64. The zero-order valence-electron chi connectivity index (χ0n) is 11.9. The minimum atomic E-state index is -0.130. The van der Waals surface area contributed by atoms with Gasteiger partial charge in [-0.3, -0.25) is 9.89 Å². The summed E-state index contributed by atoms with van der Waals surface area (Å²) in [5.41, 5.74) is 2.15. The number of rotatable bonds is 6. The summed E-state index contributed by atoms with van der Waals surface area (Å²) in [6, 6.07) is -0.130. The first-order chi connectivity index (χ1) is 8.41. The Labute approximate surface area is 109 Å². The van der Waals surface area contributed by atoms with Crippen LogP contribution in [0.2, 0.25) is 0 Å². The average Bonchev–Trinajstić information content (AvgIpc) is 2.68. The Morgan fingerprint density at radius 3 is 2.61 bits per heavy atom. The van der Waals surface area contributed by atoms with Crippen LogP contribution in [-0.4, -0.2) is 41.1 Å². The van der Waals surface area contributed by atoms with E-state index in [0.717, 1.165) is 17.7 Å². The first-order valence-corrected chi connectivity index (χ1v) is 6.35. The lowest BCUT2D eigenvalue weighted by molar-refractivity contribution is -0.131. The van der Waals surface area contributed by atoms with E-state index in [1.54, 1.807) is 25.2 Å². The fraction of sp³-hybridized carbons (Fsp3) is 0.692. The second-order valence-corrected chi connectivity index (χ2v) is 5.32. The van der Waals surface area contributed by atoms with Crippen molar-refractivity contribution in [3.05, 3.63) is 17.5 Å². The molecule has 1 unspecified atom stereocenters. The third kappa shape index (κ3) is 4.14. The van der Waals surface area contributed by atoms with Crippen molar-refractivity contribution < 1.29 is 4.79 Å². The van der Waals surface area contributed by atoms with Gasteiger partial charge in [0.25, 0.3) is 0 Å². The van der Waals surface area contributed by atoms with Gasteiger partial charge in [0.2, 0.25) is 5.91 Å². The molecular weight excluding hydrogens is 228 g/mol. The van der Waals surface area contributed by atoms with E-state index in [2.05, 4.69) is 29.4 Å². The standard InChI is InChI=1S/C13H24N4O/c1-9(2)6-12(13(18)17(4)5)14-7-11-8-15-16-10(11)3/h8-9,12,14H,6-7H2,1-5H3,(H,15,16). The first kappa shape index (κ1) is 14.7. The summed E-state index contributed by atoms with van der Waals surface area (Å²) in [5, 5.41) is 10.2. The van der Waals surface area contributed by atoms with Gasteiger partial charge in [0.15, 0.2) is 0 Å². The summed E-state index contributed by atoms with van der Waals surface area (Å²) in [4.78, 5) is 13.7. The molecule has 0 fully saturated rings. The third-order valence-electron chi connectivity index (χ3n) is 2.92. The van der Waals surface area contributed by atoms with Gasteiger partial charge in [0.05, 0.1) is 12.2 Å². The zero-order chi connectivity index (χ0) is 13.7. The van der Waals surface area contributed by atoms with E-state index in [0.29, 0.717) is 12.5 Å². The van der Waals surface area contributed by atoms with Gasteiger partial charge in [0, 0.05) is 31.9 Å². The average molecular weight is 252 g/mol. The van der Waals surface area contributed by atoms with Crippen LogP contribution in [-0.2, 0) is 11.3 Å². The molecule has 1 rings (SSSR count). The van der Waals surface area contributed by atoms with Crippen LogP contribution >= 0.6 is 0 Å². The van der Waals surface area contributed by atoms with Crippen molar-refractivity contribution in [1.29, 1.82) is 0 Å². The van der Waals surface area contributed by atoms with E-state index in [9.17, 15) is 4.79 Å². The lowest BCUT2D eigenvalue weighted by atomic mass is 10.0. The largest absolute Gasteiger partial charge is 0.347 e. The van der Waals surface area contributed by atoms with Crippen molar-refractivity contribution in [2.75, 3.05) is 14.1 Å². The fourth-order valence-electron chi connectivity index (χ4n) is 1.84. The molecule has 0 radical (unpaired) electrons. The normalized spacial score (nSPS) is 12.8. The summed E-state index contributed by atoms with van der Waals surface area (Å²) in [7, 11) is 3.58. The molecule has 2 N–H and O–H groups in total. The predicted octanol–water partition coefficient (Wildman–Crippen LogP) is 1.31. The molecule has 5 nitrogen and oxygen atoms in total. The van der Waals surface area contributed by atoms with E-state index in [-0.39, 0.29) is 11.9 Å². The van der Waals surface area contributed by atoms with Crippen molar-refractivity contribution in [2.45, 2.75) is 39.8 Å². The smallest absolute Gasteiger partial charge is 0.239 e. The number of likely N-dealkylation sites (N-methyl/N-ethyl adjacent to an activating group) is 1. The van der Waals surface area contributed by atoms with Gasteiger partial charge in [-0.1, -0.05) is 13.8 Å². The molecule has 0 spiro atoms. The number of nitrogens with one attached hydrogen (secondary N) is 2. The van der Waals surface area contributed by atoms with Crippen LogP contribution in [0.1, 0.15) is 31.5 Å². The molecule has 0 saturated heterocycles.